The third-order valence-corrected chi connectivity index (χ3v) is 4.66. The van der Waals surface area contributed by atoms with E-state index in [1.807, 2.05) is 30.3 Å². The number of methoxy groups -OCH3 is 1. The molecule has 0 radical (unpaired) electrons. The Morgan fingerprint density at radius 1 is 1.07 bits per heavy atom. The molecule has 1 amide bonds. The molecule has 0 aliphatic heterocycles. The normalized spacial score (nSPS) is 10.8. The predicted octanol–water partition coefficient (Wildman–Crippen LogP) is 5.05. The first-order valence-corrected chi connectivity index (χ1v) is 9.59. The van der Waals surface area contributed by atoms with Gasteiger partial charge in [-0.25, -0.2) is 5.43 Å². The molecule has 3 aromatic rings. The molecule has 0 atom stereocenters. The van der Waals surface area contributed by atoms with Crippen molar-refractivity contribution in [1.82, 2.24) is 5.43 Å². The van der Waals surface area contributed by atoms with E-state index < -0.39 is 5.91 Å². The number of carbonyl (C=O) groups is 1. The first-order chi connectivity index (χ1) is 14.5. The number of phenolic OH excluding ortho intramolecular Hbond substituents is 1. The third-order valence-electron chi connectivity index (χ3n) is 4.08. The first kappa shape index (κ1) is 21.5. The number of carbonyl (C=O) groups excluding carboxylic acids is 1. The smallest absolute Gasteiger partial charge is 0.271 e. The molecule has 154 valence electrons. The average Bonchev–Trinajstić information content (AvgIpc) is 2.76. The quantitative estimate of drug-likeness (QED) is 0.394. The maximum absolute atomic E-state index is 12.4. The van der Waals surface area contributed by atoms with Gasteiger partial charge >= 0.3 is 0 Å². The van der Waals surface area contributed by atoms with Crippen LogP contribution in [-0.4, -0.2) is 24.3 Å². The molecule has 2 N–H and O–H groups in total. The highest BCUT2D eigenvalue weighted by molar-refractivity contribution is 6.37. The molecule has 0 bridgehead atoms. The fourth-order valence-electron chi connectivity index (χ4n) is 2.55. The summed E-state index contributed by atoms with van der Waals surface area (Å²) in [6.07, 6.45) is 1.36. The summed E-state index contributed by atoms with van der Waals surface area (Å²) in [5, 5.41) is 13.6. The molecular formula is C22H18Cl2N2O4. The van der Waals surface area contributed by atoms with Crippen molar-refractivity contribution in [2.45, 2.75) is 6.61 Å². The molecule has 0 saturated heterocycles. The number of nitrogens with zero attached hydrogens (tertiary/aromatic N) is 1. The number of nitrogens with one attached hydrogen (secondary N) is 1. The van der Waals surface area contributed by atoms with E-state index in [4.69, 9.17) is 32.7 Å². The minimum absolute atomic E-state index is 0.0890. The van der Waals surface area contributed by atoms with Gasteiger partial charge in [-0.05, 0) is 41.5 Å². The predicted molar refractivity (Wildman–Crippen MR) is 117 cm³/mol. The number of hydrogen-bond donors (Lipinski definition) is 2. The van der Waals surface area contributed by atoms with Gasteiger partial charge in [0.05, 0.1) is 23.4 Å². The Balaban J connectivity index is 1.65. The highest BCUT2D eigenvalue weighted by atomic mass is 35.5. The Labute approximate surface area is 183 Å². The van der Waals surface area contributed by atoms with Crippen molar-refractivity contribution in [1.29, 1.82) is 0 Å². The lowest BCUT2D eigenvalue weighted by molar-refractivity contribution is 0.0954. The third kappa shape index (κ3) is 5.43. The molecule has 0 spiro atoms. The molecule has 0 unspecified atom stereocenters. The number of hydrogen-bond acceptors (Lipinski definition) is 5. The van der Waals surface area contributed by atoms with E-state index in [0.717, 1.165) is 5.56 Å². The zero-order chi connectivity index (χ0) is 21.5. The van der Waals surface area contributed by atoms with E-state index in [0.29, 0.717) is 29.2 Å². The fraction of sp³-hybridized carbons (Fsp3) is 0.0909. The summed E-state index contributed by atoms with van der Waals surface area (Å²) in [5.74, 6) is 0.311. The summed E-state index contributed by atoms with van der Waals surface area (Å²) in [7, 11) is 1.50. The van der Waals surface area contributed by atoms with Crippen LogP contribution in [0.4, 0.5) is 0 Å². The molecule has 0 fully saturated rings. The second-order valence-electron chi connectivity index (χ2n) is 6.17. The molecule has 0 heterocycles. The minimum atomic E-state index is -0.435. The molecule has 0 aromatic heterocycles. The van der Waals surface area contributed by atoms with Crippen molar-refractivity contribution in [3.05, 3.63) is 87.4 Å². The molecular weight excluding hydrogens is 427 g/mol. The van der Waals surface area contributed by atoms with Crippen molar-refractivity contribution in [2.75, 3.05) is 7.11 Å². The molecule has 6 nitrogen and oxygen atoms in total. The first-order valence-electron chi connectivity index (χ1n) is 8.84. The Morgan fingerprint density at radius 3 is 2.43 bits per heavy atom. The molecule has 30 heavy (non-hydrogen) atoms. The standard InChI is InChI=1S/C22H18Cl2N2O4/c1-29-20-11-16(7-8-19(20)30-13-14-5-3-2-4-6-14)22(28)26-25-12-15-9-17(23)21(27)18(24)10-15/h2-12,27H,13H2,1H3,(H,26,28)/b25-12+. The van der Waals surface area contributed by atoms with Crippen LogP contribution in [0, 0.1) is 0 Å². The number of amides is 1. The van der Waals surface area contributed by atoms with Crippen LogP contribution in [0.5, 0.6) is 17.2 Å². The summed E-state index contributed by atoms with van der Waals surface area (Å²) in [5.41, 5.74) is 4.30. The molecule has 0 aliphatic rings. The molecule has 3 aromatic carbocycles. The van der Waals surface area contributed by atoms with Gasteiger partial charge < -0.3 is 14.6 Å². The number of hydrazone groups is 1. The van der Waals surface area contributed by atoms with Gasteiger partial charge in [-0.3, -0.25) is 4.79 Å². The summed E-state index contributed by atoms with van der Waals surface area (Å²) in [6, 6.07) is 17.5. The van der Waals surface area contributed by atoms with Crippen LogP contribution in [0.2, 0.25) is 10.0 Å². The topological polar surface area (TPSA) is 80.2 Å². The van der Waals surface area contributed by atoms with Gasteiger partial charge in [-0.2, -0.15) is 5.10 Å². The van der Waals surface area contributed by atoms with E-state index in [9.17, 15) is 9.90 Å². The van der Waals surface area contributed by atoms with Crippen LogP contribution < -0.4 is 14.9 Å². The lowest BCUT2D eigenvalue weighted by atomic mass is 10.2. The monoisotopic (exact) mass is 444 g/mol. The zero-order valence-electron chi connectivity index (χ0n) is 15.9. The highest BCUT2D eigenvalue weighted by Gasteiger charge is 2.11. The zero-order valence-corrected chi connectivity index (χ0v) is 17.4. The maximum Gasteiger partial charge on any atom is 0.271 e. The molecule has 3 rings (SSSR count). The van der Waals surface area contributed by atoms with Crippen molar-refractivity contribution in [2.24, 2.45) is 5.10 Å². The van der Waals surface area contributed by atoms with E-state index in [-0.39, 0.29) is 15.8 Å². The second kappa shape index (κ2) is 10.0. The number of benzene rings is 3. The number of aromatic hydroxyl groups is 1. The molecule has 0 aliphatic carbocycles. The fourth-order valence-corrected chi connectivity index (χ4v) is 3.06. The van der Waals surface area contributed by atoms with Crippen molar-refractivity contribution < 1.29 is 19.4 Å². The highest BCUT2D eigenvalue weighted by Crippen LogP contribution is 2.32. The van der Waals surface area contributed by atoms with Gasteiger partial charge in [0, 0.05) is 5.56 Å². The second-order valence-corrected chi connectivity index (χ2v) is 6.99. The number of halogens is 2. The van der Waals surface area contributed by atoms with Gasteiger partial charge in [0.25, 0.3) is 5.91 Å². The van der Waals surface area contributed by atoms with E-state index >= 15 is 0 Å². The lowest BCUT2D eigenvalue weighted by Gasteiger charge is -2.12. The van der Waals surface area contributed by atoms with Gasteiger partial charge in [0.15, 0.2) is 17.2 Å². The van der Waals surface area contributed by atoms with Crippen LogP contribution in [0.3, 0.4) is 0 Å². The molecule has 8 heteroatoms. The summed E-state index contributed by atoms with van der Waals surface area (Å²) in [4.78, 5) is 12.4. The van der Waals surface area contributed by atoms with Gasteiger partial charge in [0.2, 0.25) is 0 Å². The van der Waals surface area contributed by atoms with E-state index in [1.165, 1.54) is 25.5 Å². The Bertz CT molecular complexity index is 1050. The van der Waals surface area contributed by atoms with Crippen molar-refractivity contribution in [3.63, 3.8) is 0 Å². The van der Waals surface area contributed by atoms with Crippen LogP contribution in [0.15, 0.2) is 65.8 Å². The lowest BCUT2D eigenvalue weighted by Crippen LogP contribution is -2.17. The van der Waals surface area contributed by atoms with Crippen molar-refractivity contribution >= 4 is 35.3 Å². The minimum Gasteiger partial charge on any atom is -0.505 e. The van der Waals surface area contributed by atoms with Crippen LogP contribution >= 0.6 is 23.2 Å². The largest absolute Gasteiger partial charge is 0.505 e. The maximum atomic E-state index is 12.4. The summed E-state index contributed by atoms with van der Waals surface area (Å²) >= 11 is 11.7. The van der Waals surface area contributed by atoms with E-state index in [1.54, 1.807) is 18.2 Å². The number of ether oxygens (including phenoxy) is 2. The van der Waals surface area contributed by atoms with Gasteiger partial charge in [-0.1, -0.05) is 53.5 Å². The number of phenols is 1. The Hall–Kier alpha value is -3.22. The summed E-state index contributed by atoms with van der Waals surface area (Å²) in [6.45, 7) is 0.380. The van der Waals surface area contributed by atoms with Gasteiger partial charge in [0.1, 0.15) is 6.61 Å². The van der Waals surface area contributed by atoms with E-state index in [2.05, 4.69) is 10.5 Å². The van der Waals surface area contributed by atoms with Crippen molar-refractivity contribution in [3.8, 4) is 17.2 Å². The van der Waals surface area contributed by atoms with Crippen LogP contribution in [-0.2, 0) is 6.61 Å². The summed E-state index contributed by atoms with van der Waals surface area (Å²) < 4.78 is 11.1. The molecule has 0 saturated carbocycles. The SMILES string of the molecule is COc1cc(C(=O)N/N=C/c2cc(Cl)c(O)c(Cl)c2)ccc1OCc1ccccc1. The van der Waals surface area contributed by atoms with Gasteiger partial charge in [-0.15, -0.1) is 0 Å². The Morgan fingerprint density at radius 2 is 1.77 bits per heavy atom. The van der Waals surface area contributed by atoms with Crippen LogP contribution in [0.25, 0.3) is 0 Å². The number of rotatable bonds is 7. The van der Waals surface area contributed by atoms with Crippen LogP contribution in [0.1, 0.15) is 21.5 Å². The average molecular weight is 445 g/mol. The Kier molecular flexibility index (Phi) is 7.17.